The maximum Gasteiger partial charge on any atom is 0.511 e. The first-order valence-electron chi connectivity index (χ1n) is 13.0. The molecule has 1 saturated heterocycles. The summed E-state index contributed by atoms with van der Waals surface area (Å²) in [6.45, 7) is 4.87. The minimum absolute atomic E-state index is 0.121. The second-order valence-corrected chi connectivity index (χ2v) is 10.2. The summed E-state index contributed by atoms with van der Waals surface area (Å²) >= 11 is 6.22. The van der Waals surface area contributed by atoms with Crippen molar-refractivity contribution in [3.05, 3.63) is 63.7 Å². The summed E-state index contributed by atoms with van der Waals surface area (Å²) < 4.78 is 39.3. The zero-order chi connectivity index (χ0) is 29.7. The van der Waals surface area contributed by atoms with Crippen LogP contribution in [0.4, 0.5) is 9.18 Å². The molecule has 0 aliphatic carbocycles. The van der Waals surface area contributed by atoms with Crippen LogP contribution in [0.5, 0.6) is 5.75 Å². The van der Waals surface area contributed by atoms with Crippen molar-refractivity contribution >= 4 is 40.6 Å². The van der Waals surface area contributed by atoms with Gasteiger partial charge in [0, 0.05) is 41.7 Å². The third kappa shape index (κ3) is 7.55. The van der Waals surface area contributed by atoms with Gasteiger partial charge >= 0.3 is 17.8 Å². The number of ether oxygens (including phenoxy) is 4. The maximum absolute atomic E-state index is 13.5. The minimum atomic E-state index is -0.942. The van der Waals surface area contributed by atoms with Crippen molar-refractivity contribution in [2.24, 2.45) is 5.92 Å². The largest absolute Gasteiger partial charge is 0.511 e. The number of carbonyl (C=O) groups excluding carboxylic acids is 3. The molecule has 41 heavy (non-hydrogen) atoms. The fourth-order valence-electron chi connectivity index (χ4n) is 4.51. The number of nitrogens with zero attached hydrogens (tertiary/aromatic N) is 1. The van der Waals surface area contributed by atoms with Gasteiger partial charge in [0.2, 0.25) is 6.79 Å². The third-order valence-corrected chi connectivity index (χ3v) is 6.69. The Hall–Kier alpha value is -4.12. The van der Waals surface area contributed by atoms with Crippen LogP contribution in [0.25, 0.3) is 22.1 Å². The highest BCUT2D eigenvalue weighted by Gasteiger charge is 2.32. The van der Waals surface area contributed by atoms with Crippen molar-refractivity contribution in [2.45, 2.75) is 45.8 Å². The number of piperidine rings is 1. The Kier molecular flexibility index (Phi) is 9.49. The topological polar surface area (TPSA) is 122 Å². The molecule has 12 heteroatoms. The smallest absolute Gasteiger partial charge is 0.481 e. The van der Waals surface area contributed by atoms with Crippen molar-refractivity contribution in [1.82, 2.24) is 4.90 Å². The van der Waals surface area contributed by atoms with E-state index >= 15 is 0 Å². The molecule has 218 valence electrons. The number of likely N-dealkylation sites (tertiary alicyclic amines) is 1. The average Bonchev–Trinajstić information content (AvgIpc) is 2.91. The van der Waals surface area contributed by atoms with Crippen LogP contribution < -0.4 is 10.4 Å². The number of hydrogen-bond donors (Lipinski definition) is 0. The van der Waals surface area contributed by atoms with E-state index < -0.39 is 42.4 Å². The lowest BCUT2D eigenvalue weighted by atomic mass is 9.98. The molecule has 1 amide bonds. The SMILES string of the molecule is CC(C)OC(=O)OCOC(=O)[C@H]1CCCN(C(=O)[C@@H](C)Oc2ccc3c(-c4ccc(F)cc4Cl)cc(=O)oc3c2)C1. The van der Waals surface area contributed by atoms with Crippen LogP contribution in [0, 0.1) is 11.7 Å². The Morgan fingerprint density at radius 3 is 2.59 bits per heavy atom. The number of fused-ring (bicyclic) bond motifs is 1. The summed E-state index contributed by atoms with van der Waals surface area (Å²) in [5.74, 6) is -1.74. The monoisotopic (exact) mass is 589 g/mol. The molecule has 2 aromatic carbocycles. The standard InChI is InChI=1S/C29H29ClFNO9/c1-16(2)39-29(36)38-15-37-28(35)18-5-4-10-32(14-18)27(34)17(3)40-20-7-9-22-23(13-26(33)41-25(22)12-20)21-8-6-19(31)11-24(21)30/h6-9,11-13,16-18H,4-5,10,14-15H2,1-3H3/t17-,18+/m1/s1. The molecule has 0 unspecified atom stereocenters. The maximum atomic E-state index is 13.5. The molecule has 0 radical (unpaired) electrons. The van der Waals surface area contributed by atoms with Gasteiger partial charge in [0.05, 0.1) is 17.0 Å². The quantitative estimate of drug-likeness (QED) is 0.195. The lowest BCUT2D eigenvalue weighted by Gasteiger charge is -2.33. The molecule has 1 aliphatic heterocycles. The molecule has 2 heterocycles. The number of halogens is 2. The van der Waals surface area contributed by atoms with Gasteiger partial charge in [-0.25, -0.2) is 14.0 Å². The summed E-state index contributed by atoms with van der Waals surface area (Å²) in [5, 5.41) is 0.685. The minimum Gasteiger partial charge on any atom is -0.481 e. The average molecular weight is 590 g/mol. The molecular formula is C29H29ClFNO9. The van der Waals surface area contributed by atoms with Gasteiger partial charge in [-0.1, -0.05) is 11.6 Å². The molecule has 10 nitrogen and oxygen atoms in total. The highest BCUT2D eigenvalue weighted by molar-refractivity contribution is 6.33. The molecule has 1 fully saturated rings. The van der Waals surface area contributed by atoms with E-state index in [0.717, 1.165) is 6.07 Å². The highest BCUT2D eigenvalue weighted by Crippen LogP contribution is 2.34. The van der Waals surface area contributed by atoms with Crippen LogP contribution in [0.3, 0.4) is 0 Å². The fourth-order valence-corrected chi connectivity index (χ4v) is 4.78. The van der Waals surface area contributed by atoms with Crippen LogP contribution in [0.1, 0.15) is 33.6 Å². The van der Waals surface area contributed by atoms with Crippen LogP contribution in [0.2, 0.25) is 5.02 Å². The molecule has 3 aromatic rings. The van der Waals surface area contributed by atoms with Gasteiger partial charge in [0.1, 0.15) is 17.1 Å². The number of rotatable bonds is 8. The van der Waals surface area contributed by atoms with Crippen molar-refractivity contribution < 1.29 is 42.1 Å². The number of carbonyl (C=O) groups is 3. The van der Waals surface area contributed by atoms with Crippen LogP contribution >= 0.6 is 11.6 Å². The zero-order valence-electron chi connectivity index (χ0n) is 22.7. The summed E-state index contributed by atoms with van der Waals surface area (Å²) in [6, 6.07) is 9.92. The van der Waals surface area contributed by atoms with E-state index in [1.54, 1.807) is 32.9 Å². The van der Waals surface area contributed by atoms with Gasteiger partial charge in [-0.05, 0) is 63.9 Å². The molecule has 1 aliphatic rings. The van der Waals surface area contributed by atoms with Gasteiger partial charge in [-0.3, -0.25) is 9.59 Å². The summed E-state index contributed by atoms with van der Waals surface area (Å²) in [7, 11) is 0. The molecule has 2 atom stereocenters. The lowest BCUT2D eigenvalue weighted by molar-refractivity contribution is -0.161. The lowest BCUT2D eigenvalue weighted by Crippen LogP contribution is -2.47. The Labute approximate surface area is 239 Å². The third-order valence-electron chi connectivity index (χ3n) is 6.37. The Bertz CT molecular complexity index is 1510. The second-order valence-electron chi connectivity index (χ2n) is 9.79. The van der Waals surface area contributed by atoms with Crippen molar-refractivity contribution in [1.29, 1.82) is 0 Å². The zero-order valence-corrected chi connectivity index (χ0v) is 23.4. The van der Waals surface area contributed by atoms with Gasteiger partial charge < -0.3 is 28.3 Å². The molecule has 4 rings (SSSR count). The van der Waals surface area contributed by atoms with E-state index in [9.17, 15) is 23.6 Å². The first-order chi connectivity index (χ1) is 19.5. The van der Waals surface area contributed by atoms with Crippen LogP contribution in [0.15, 0.2) is 51.7 Å². The summed E-state index contributed by atoms with van der Waals surface area (Å²) in [6.07, 6.45) is -1.14. The Balaban J connectivity index is 1.40. The predicted octanol–water partition coefficient (Wildman–Crippen LogP) is 5.32. The molecule has 0 spiro atoms. The first kappa shape index (κ1) is 29.9. The van der Waals surface area contributed by atoms with E-state index in [-0.39, 0.29) is 34.9 Å². The van der Waals surface area contributed by atoms with E-state index in [0.29, 0.717) is 35.9 Å². The second kappa shape index (κ2) is 13.0. The van der Waals surface area contributed by atoms with E-state index in [1.165, 1.54) is 29.2 Å². The molecular weight excluding hydrogens is 561 g/mol. The normalized spacial score (nSPS) is 15.9. The van der Waals surface area contributed by atoms with Crippen LogP contribution in [-0.2, 0) is 23.8 Å². The number of hydrogen-bond acceptors (Lipinski definition) is 9. The van der Waals surface area contributed by atoms with Gasteiger partial charge in [0.15, 0.2) is 6.10 Å². The fraction of sp³-hybridized carbons (Fsp3) is 0.379. The van der Waals surface area contributed by atoms with Gasteiger partial charge in [0.25, 0.3) is 5.91 Å². The number of esters is 1. The van der Waals surface area contributed by atoms with E-state index in [2.05, 4.69) is 0 Å². The van der Waals surface area contributed by atoms with Crippen molar-refractivity contribution in [3.63, 3.8) is 0 Å². The van der Waals surface area contributed by atoms with Gasteiger partial charge in [-0.2, -0.15) is 0 Å². The Morgan fingerprint density at radius 2 is 1.85 bits per heavy atom. The molecule has 0 N–H and O–H groups in total. The number of benzene rings is 2. The van der Waals surface area contributed by atoms with Gasteiger partial charge in [-0.15, -0.1) is 0 Å². The number of amides is 1. The molecule has 0 bridgehead atoms. The van der Waals surface area contributed by atoms with E-state index in [1.807, 2.05) is 0 Å². The Morgan fingerprint density at radius 1 is 1.07 bits per heavy atom. The highest BCUT2D eigenvalue weighted by atomic mass is 35.5. The summed E-state index contributed by atoms with van der Waals surface area (Å²) in [4.78, 5) is 50.8. The van der Waals surface area contributed by atoms with Crippen LogP contribution in [-0.4, -0.2) is 55.0 Å². The van der Waals surface area contributed by atoms with Crippen molar-refractivity contribution in [3.8, 4) is 16.9 Å². The molecule has 0 saturated carbocycles. The van der Waals surface area contributed by atoms with E-state index in [4.69, 9.17) is 35.0 Å². The first-order valence-corrected chi connectivity index (χ1v) is 13.4. The van der Waals surface area contributed by atoms with Crippen molar-refractivity contribution in [2.75, 3.05) is 19.9 Å². The predicted molar refractivity (Wildman–Crippen MR) is 146 cm³/mol. The molecule has 1 aromatic heterocycles. The summed E-state index contributed by atoms with van der Waals surface area (Å²) in [5.41, 5.74) is 0.488.